The number of likely N-dealkylation sites (tertiary alicyclic amines) is 1. The minimum Gasteiger partial charge on any atom is -0.508 e. The molecule has 8 heteroatoms. The first-order valence-corrected chi connectivity index (χ1v) is 11.5. The predicted octanol–water partition coefficient (Wildman–Crippen LogP) is 2.36. The fourth-order valence-corrected chi connectivity index (χ4v) is 4.71. The molecule has 3 aromatic rings. The Morgan fingerprint density at radius 3 is 2.69 bits per heavy atom. The van der Waals surface area contributed by atoms with Crippen LogP contribution >= 0.6 is 0 Å². The summed E-state index contributed by atoms with van der Waals surface area (Å²) in [5.41, 5.74) is 2.67. The van der Waals surface area contributed by atoms with E-state index in [1.807, 2.05) is 30.3 Å². The minimum atomic E-state index is -0.926. The number of ketones is 1. The smallest absolute Gasteiger partial charge is 0.253 e. The second-order valence-corrected chi connectivity index (χ2v) is 8.78. The Kier molecular flexibility index (Phi) is 6.29. The van der Waals surface area contributed by atoms with Crippen LogP contribution in [0.25, 0.3) is 11.3 Å². The highest BCUT2D eigenvalue weighted by atomic mass is 16.5. The summed E-state index contributed by atoms with van der Waals surface area (Å²) in [6.45, 7) is 0.391. The Labute approximate surface area is 202 Å². The average molecular weight is 472 g/mol. The summed E-state index contributed by atoms with van der Waals surface area (Å²) in [7, 11) is 0. The number of aromatic nitrogens is 1. The number of rotatable bonds is 6. The summed E-state index contributed by atoms with van der Waals surface area (Å²) < 4.78 is 5.51. The lowest BCUT2D eigenvalue weighted by molar-refractivity contribution is -0.138. The lowest BCUT2D eigenvalue weighted by Gasteiger charge is -2.27. The van der Waals surface area contributed by atoms with Crippen molar-refractivity contribution in [1.82, 2.24) is 15.2 Å². The van der Waals surface area contributed by atoms with Gasteiger partial charge in [-0.2, -0.15) is 0 Å². The van der Waals surface area contributed by atoms with E-state index in [9.17, 15) is 19.5 Å². The fourth-order valence-electron chi connectivity index (χ4n) is 4.71. The molecule has 2 amide bonds. The maximum absolute atomic E-state index is 13.6. The Morgan fingerprint density at radius 1 is 1.11 bits per heavy atom. The summed E-state index contributed by atoms with van der Waals surface area (Å²) in [6, 6.07) is 18.1. The average Bonchev–Trinajstić information content (AvgIpc) is 3.47. The first-order valence-electron chi connectivity index (χ1n) is 11.5. The fraction of sp³-hybridized carbons (Fsp3) is 0.259. The van der Waals surface area contributed by atoms with Crippen molar-refractivity contribution in [2.75, 3.05) is 13.2 Å². The number of amides is 2. The summed E-state index contributed by atoms with van der Waals surface area (Å²) in [4.78, 5) is 44.9. The molecule has 1 aromatic heterocycles. The standard InChI is InChI=1S/C27H25N3O5/c31-20-8-4-5-17(13-20)14-22(27(34)30-12-11-24-25(30)23(32)16-35-24)29-26(33)19-9-10-21(28-15-19)18-6-2-1-3-7-18/h1-10,13,15,22,24-25,31H,11-12,14,16H2,(H,29,33). The van der Waals surface area contributed by atoms with E-state index in [2.05, 4.69) is 10.3 Å². The number of benzene rings is 2. The third-order valence-corrected chi connectivity index (χ3v) is 6.44. The first kappa shape index (κ1) is 22.7. The molecule has 3 heterocycles. The summed E-state index contributed by atoms with van der Waals surface area (Å²) in [5, 5.41) is 12.7. The third-order valence-electron chi connectivity index (χ3n) is 6.44. The van der Waals surface area contributed by atoms with Gasteiger partial charge in [0.25, 0.3) is 5.91 Å². The molecule has 2 saturated heterocycles. The van der Waals surface area contributed by atoms with Crippen LogP contribution in [0.2, 0.25) is 0 Å². The van der Waals surface area contributed by atoms with E-state index in [1.54, 1.807) is 36.4 Å². The molecule has 5 rings (SSSR count). The van der Waals surface area contributed by atoms with Crippen LogP contribution in [0.1, 0.15) is 22.3 Å². The van der Waals surface area contributed by atoms with Crippen LogP contribution in [0.5, 0.6) is 5.75 Å². The van der Waals surface area contributed by atoms with Gasteiger partial charge in [0, 0.05) is 24.7 Å². The summed E-state index contributed by atoms with van der Waals surface area (Å²) in [6.07, 6.45) is 1.93. The van der Waals surface area contributed by atoms with Crippen molar-refractivity contribution in [3.05, 3.63) is 84.1 Å². The number of Topliss-reactive ketones (excluding diaryl/α,β-unsaturated/α-hetero) is 1. The number of phenols is 1. The van der Waals surface area contributed by atoms with E-state index in [0.717, 1.165) is 11.3 Å². The third kappa shape index (κ3) is 4.79. The van der Waals surface area contributed by atoms with Gasteiger partial charge in [-0.15, -0.1) is 0 Å². The second kappa shape index (κ2) is 9.68. The SMILES string of the molecule is O=C(NC(Cc1cccc(O)c1)C(=O)N1CCC2OCC(=O)C21)c1ccc(-c2ccccc2)nc1. The monoisotopic (exact) mass is 471 g/mol. The number of pyridine rings is 1. The van der Waals surface area contributed by atoms with Crippen molar-refractivity contribution < 1.29 is 24.2 Å². The lowest BCUT2D eigenvalue weighted by atomic mass is 10.0. The number of hydrogen-bond donors (Lipinski definition) is 2. The van der Waals surface area contributed by atoms with Gasteiger partial charge < -0.3 is 20.1 Å². The highest BCUT2D eigenvalue weighted by Gasteiger charge is 2.48. The zero-order valence-electron chi connectivity index (χ0n) is 19.0. The van der Waals surface area contributed by atoms with E-state index in [0.29, 0.717) is 24.1 Å². The van der Waals surface area contributed by atoms with Crippen LogP contribution in [0, 0.1) is 0 Å². The molecule has 35 heavy (non-hydrogen) atoms. The summed E-state index contributed by atoms with van der Waals surface area (Å²) in [5.74, 6) is -0.840. The number of ether oxygens (including phenoxy) is 1. The topological polar surface area (TPSA) is 109 Å². The van der Waals surface area contributed by atoms with Gasteiger partial charge in [0.1, 0.15) is 24.4 Å². The summed E-state index contributed by atoms with van der Waals surface area (Å²) >= 11 is 0. The maximum atomic E-state index is 13.6. The molecule has 0 bridgehead atoms. The van der Waals surface area contributed by atoms with E-state index < -0.39 is 18.0 Å². The molecule has 3 atom stereocenters. The molecule has 178 valence electrons. The molecule has 0 aliphatic carbocycles. The van der Waals surface area contributed by atoms with Crippen molar-refractivity contribution in [1.29, 1.82) is 0 Å². The van der Waals surface area contributed by atoms with Crippen molar-refractivity contribution in [2.45, 2.75) is 31.0 Å². The molecule has 0 spiro atoms. The zero-order chi connectivity index (χ0) is 24.4. The van der Waals surface area contributed by atoms with E-state index in [-0.39, 0.29) is 36.6 Å². The first-order chi connectivity index (χ1) is 17.0. The molecule has 2 aliphatic heterocycles. The van der Waals surface area contributed by atoms with Gasteiger partial charge in [-0.1, -0.05) is 42.5 Å². The number of carbonyl (C=O) groups is 3. The lowest BCUT2D eigenvalue weighted by Crippen LogP contribution is -2.53. The highest BCUT2D eigenvalue weighted by Crippen LogP contribution is 2.28. The Balaban J connectivity index is 1.37. The second-order valence-electron chi connectivity index (χ2n) is 8.78. The number of aromatic hydroxyl groups is 1. The van der Waals surface area contributed by atoms with Gasteiger partial charge in [0.15, 0.2) is 5.78 Å². The van der Waals surface area contributed by atoms with E-state index >= 15 is 0 Å². The van der Waals surface area contributed by atoms with Gasteiger partial charge >= 0.3 is 0 Å². The molecular formula is C27H25N3O5. The number of carbonyl (C=O) groups excluding carboxylic acids is 3. The van der Waals surface area contributed by atoms with Crippen molar-refractivity contribution in [3.63, 3.8) is 0 Å². The van der Waals surface area contributed by atoms with Gasteiger partial charge in [-0.05, 0) is 36.2 Å². The number of hydrogen-bond acceptors (Lipinski definition) is 6. The number of nitrogens with one attached hydrogen (secondary N) is 1. The molecule has 8 nitrogen and oxygen atoms in total. The van der Waals surface area contributed by atoms with Gasteiger partial charge in [0.05, 0.1) is 17.4 Å². The molecule has 3 unspecified atom stereocenters. The molecule has 2 N–H and O–H groups in total. The largest absolute Gasteiger partial charge is 0.508 e. The molecule has 0 saturated carbocycles. The predicted molar refractivity (Wildman–Crippen MR) is 128 cm³/mol. The zero-order valence-corrected chi connectivity index (χ0v) is 19.0. The van der Waals surface area contributed by atoms with Crippen LogP contribution < -0.4 is 5.32 Å². The normalized spacial score (nSPS) is 19.9. The van der Waals surface area contributed by atoms with Crippen molar-refractivity contribution >= 4 is 17.6 Å². The van der Waals surface area contributed by atoms with Crippen LogP contribution in [-0.4, -0.2) is 63.9 Å². The van der Waals surface area contributed by atoms with E-state index in [1.165, 1.54) is 11.1 Å². The number of fused-ring (bicyclic) bond motifs is 1. The van der Waals surface area contributed by atoms with Crippen LogP contribution in [0.3, 0.4) is 0 Å². The Morgan fingerprint density at radius 2 is 1.94 bits per heavy atom. The van der Waals surface area contributed by atoms with Gasteiger partial charge in [-0.25, -0.2) is 0 Å². The molecule has 0 radical (unpaired) electrons. The Bertz CT molecular complexity index is 1250. The molecule has 2 aromatic carbocycles. The Hall–Kier alpha value is -4.04. The molecule has 2 aliphatic rings. The van der Waals surface area contributed by atoms with Crippen LogP contribution in [-0.2, 0) is 20.7 Å². The quantitative estimate of drug-likeness (QED) is 0.571. The van der Waals surface area contributed by atoms with Crippen molar-refractivity contribution in [2.24, 2.45) is 0 Å². The highest BCUT2D eigenvalue weighted by molar-refractivity contribution is 5.99. The number of phenolic OH excluding ortho intramolecular Hbond substituents is 1. The van der Waals surface area contributed by atoms with Crippen molar-refractivity contribution in [3.8, 4) is 17.0 Å². The molecular weight excluding hydrogens is 446 g/mol. The van der Waals surface area contributed by atoms with Gasteiger partial charge in [0.2, 0.25) is 5.91 Å². The van der Waals surface area contributed by atoms with Crippen LogP contribution in [0.4, 0.5) is 0 Å². The van der Waals surface area contributed by atoms with Crippen LogP contribution in [0.15, 0.2) is 72.9 Å². The molecule has 2 fully saturated rings. The minimum absolute atomic E-state index is 0.00211. The van der Waals surface area contributed by atoms with E-state index in [4.69, 9.17) is 4.74 Å². The maximum Gasteiger partial charge on any atom is 0.253 e. The number of nitrogens with zero attached hydrogens (tertiary/aromatic N) is 2. The van der Waals surface area contributed by atoms with Gasteiger partial charge in [-0.3, -0.25) is 19.4 Å².